The van der Waals surface area contributed by atoms with E-state index in [1.54, 1.807) is 0 Å². The van der Waals surface area contributed by atoms with Crippen molar-refractivity contribution in [3.63, 3.8) is 0 Å². The Kier molecular flexibility index (Phi) is 9.38. The summed E-state index contributed by atoms with van der Waals surface area (Å²) in [4.78, 5) is 4.42. The third-order valence-corrected chi connectivity index (χ3v) is 3.98. The highest BCUT2D eigenvalue weighted by Gasteiger charge is 2.09. The minimum absolute atomic E-state index is 0.660. The van der Waals surface area contributed by atoms with Crippen molar-refractivity contribution in [3.05, 3.63) is 18.2 Å². The van der Waals surface area contributed by atoms with Gasteiger partial charge in [0.25, 0.3) is 0 Å². The molecule has 0 spiro atoms. The average molecular weight is 279 g/mol. The summed E-state index contributed by atoms with van der Waals surface area (Å²) in [6.45, 7) is 5.66. The minimum Gasteiger partial charge on any atom is -0.338 e. The van der Waals surface area contributed by atoms with Gasteiger partial charge in [0.1, 0.15) is 5.82 Å². The molecule has 3 heteroatoms. The molecule has 116 valence electrons. The molecule has 1 unspecified atom stereocenters. The normalized spacial score (nSPS) is 12.8. The van der Waals surface area contributed by atoms with E-state index in [1.807, 2.05) is 12.4 Å². The smallest absolute Gasteiger partial charge is 0.108 e. The fourth-order valence-electron chi connectivity index (χ4n) is 2.63. The van der Waals surface area contributed by atoms with Gasteiger partial charge in [-0.3, -0.25) is 0 Å². The Morgan fingerprint density at radius 1 is 1.10 bits per heavy atom. The van der Waals surface area contributed by atoms with Crippen LogP contribution in [0.1, 0.15) is 71.0 Å². The van der Waals surface area contributed by atoms with Crippen LogP contribution in [0.25, 0.3) is 0 Å². The lowest BCUT2D eigenvalue weighted by Crippen LogP contribution is -2.30. The maximum absolute atomic E-state index is 4.42. The van der Waals surface area contributed by atoms with Gasteiger partial charge in [0, 0.05) is 31.9 Å². The number of imidazole rings is 1. The third-order valence-electron chi connectivity index (χ3n) is 3.98. The van der Waals surface area contributed by atoms with Crippen molar-refractivity contribution in [2.45, 2.75) is 77.7 Å². The zero-order valence-corrected chi connectivity index (χ0v) is 13.7. The summed E-state index contributed by atoms with van der Waals surface area (Å²) in [5.74, 6) is 1.21. The largest absolute Gasteiger partial charge is 0.338 e. The van der Waals surface area contributed by atoms with Gasteiger partial charge in [0.15, 0.2) is 0 Å². The molecule has 20 heavy (non-hydrogen) atoms. The molecule has 1 heterocycles. The molecule has 0 fully saturated rings. The van der Waals surface area contributed by atoms with Crippen molar-refractivity contribution < 1.29 is 0 Å². The SMILES string of the molecule is CCCCCCCC(CCc1nccn1C)NCCC. The molecular weight excluding hydrogens is 246 g/mol. The number of rotatable bonds is 12. The van der Waals surface area contributed by atoms with Crippen LogP contribution in [0.5, 0.6) is 0 Å². The molecule has 1 aromatic heterocycles. The zero-order chi connectivity index (χ0) is 14.6. The first-order valence-electron chi connectivity index (χ1n) is 8.47. The number of nitrogens with zero attached hydrogens (tertiary/aromatic N) is 2. The van der Waals surface area contributed by atoms with Gasteiger partial charge in [-0.2, -0.15) is 0 Å². The van der Waals surface area contributed by atoms with Crippen LogP contribution in [0, 0.1) is 0 Å². The molecular formula is C17H33N3. The lowest BCUT2D eigenvalue weighted by atomic mass is 10.0. The Bertz CT molecular complexity index is 333. The van der Waals surface area contributed by atoms with Crippen LogP contribution in [0.15, 0.2) is 12.4 Å². The second-order valence-electron chi connectivity index (χ2n) is 5.85. The van der Waals surface area contributed by atoms with Gasteiger partial charge in [-0.25, -0.2) is 4.98 Å². The van der Waals surface area contributed by atoms with E-state index in [9.17, 15) is 0 Å². The fourth-order valence-corrected chi connectivity index (χ4v) is 2.63. The summed E-state index contributed by atoms with van der Waals surface area (Å²) in [6.07, 6.45) is 15.6. The van der Waals surface area contributed by atoms with Crippen LogP contribution < -0.4 is 5.32 Å². The molecule has 0 saturated carbocycles. The molecule has 1 atom stereocenters. The van der Waals surface area contributed by atoms with Crippen LogP contribution >= 0.6 is 0 Å². The number of hydrogen-bond donors (Lipinski definition) is 1. The topological polar surface area (TPSA) is 29.9 Å². The lowest BCUT2D eigenvalue weighted by Gasteiger charge is -2.18. The molecule has 0 saturated heterocycles. The van der Waals surface area contributed by atoms with Gasteiger partial charge in [-0.05, 0) is 25.8 Å². The second-order valence-corrected chi connectivity index (χ2v) is 5.85. The highest BCUT2D eigenvalue weighted by atomic mass is 15.0. The summed E-state index contributed by atoms with van der Waals surface area (Å²) in [7, 11) is 2.08. The van der Waals surface area contributed by atoms with E-state index >= 15 is 0 Å². The van der Waals surface area contributed by atoms with Gasteiger partial charge >= 0.3 is 0 Å². The molecule has 1 aromatic rings. The molecule has 0 aliphatic heterocycles. The van der Waals surface area contributed by atoms with Crippen molar-refractivity contribution >= 4 is 0 Å². The van der Waals surface area contributed by atoms with E-state index in [0.29, 0.717) is 6.04 Å². The van der Waals surface area contributed by atoms with Crippen molar-refractivity contribution in [2.24, 2.45) is 7.05 Å². The number of aryl methyl sites for hydroxylation is 2. The van der Waals surface area contributed by atoms with Crippen LogP contribution in [0.2, 0.25) is 0 Å². The van der Waals surface area contributed by atoms with E-state index in [0.717, 1.165) is 13.0 Å². The number of unbranched alkanes of at least 4 members (excludes halogenated alkanes) is 4. The first kappa shape index (κ1) is 17.2. The van der Waals surface area contributed by atoms with Gasteiger partial charge in [0.2, 0.25) is 0 Å². The summed E-state index contributed by atoms with van der Waals surface area (Å²) < 4.78 is 2.14. The zero-order valence-electron chi connectivity index (χ0n) is 13.7. The fraction of sp³-hybridized carbons (Fsp3) is 0.824. The van der Waals surface area contributed by atoms with E-state index in [1.165, 1.54) is 57.2 Å². The summed E-state index contributed by atoms with van der Waals surface area (Å²) in [5, 5.41) is 3.71. The van der Waals surface area contributed by atoms with Crippen LogP contribution in [0.4, 0.5) is 0 Å². The Morgan fingerprint density at radius 3 is 2.55 bits per heavy atom. The lowest BCUT2D eigenvalue weighted by molar-refractivity contribution is 0.426. The van der Waals surface area contributed by atoms with Crippen molar-refractivity contribution in [2.75, 3.05) is 6.54 Å². The first-order chi connectivity index (χ1) is 9.77. The van der Waals surface area contributed by atoms with E-state index in [4.69, 9.17) is 0 Å². The van der Waals surface area contributed by atoms with E-state index in [2.05, 4.69) is 35.8 Å². The number of aromatic nitrogens is 2. The Hall–Kier alpha value is -0.830. The van der Waals surface area contributed by atoms with Crippen molar-refractivity contribution in [1.82, 2.24) is 14.9 Å². The monoisotopic (exact) mass is 279 g/mol. The van der Waals surface area contributed by atoms with E-state index in [-0.39, 0.29) is 0 Å². The Balaban J connectivity index is 2.26. The summed E-state index contributed by atoms with van der Waals surface area (Å²) >= 11 is 0. The van der Waals surface area contributed by atoms with Crippen molar-refractivity contribution in [1.29, 1.82) is 0 Å². The van der Waals surface area contributed by atoms with Crippen LogP contribution in [0.3, 0.4) is 0 Å². The minimum atomic E-state index is 0.660. The highest BCUT2D eigenvalue weighted by molar-refractivity contribution is 4.92. The first-order valence-corrected chi connectivity index (χ1v) is 8.47. The van der Waals surface area contributed by atoms with Gasteiger partial charge in [-0.1, -0.05) is 46.0 Å². The van der Waals surface area contributed by atoms with Crippen LogP contribution in [-0.2, 0) is 13.5 Å². The molecule has 1 N–H and O–H groups in total. The quantitative estimate of drug-likeness (QED) is 0.584. The Morgan fingerprint density at radius 2 is 1.90 bits per heavy atom. The molecule has 0 aliphatic rings. The molecule has 0 bridgehead atoms. The molecule has 3 nitrogen and oxygen atoms in total. The Labute approximate surface area is 125 Å². The maximum Gasteiger partial charge on any atom is 0.108 e. The molecule has 1 rings (SSSR count). The van der Waals surface area contributed by atoms with Crippen LogP contribution in [-0.4, -0.2) is 22.1 Å². The van der Waals surface area contributed by atoms with Gasteiger partial charge in [-0.15, -0.1) is 0 Å². The molecule has 0 aliphatic carbocycles. The number of hydrogen-bond acceptors (Lipinski definition) is 2. The second kappa shape index (κ2) is 10.9. The van der Waals surface area contributed by atoms with Crippen molar-refractivity contribution in [3.8, 4) is 0 Å². The molecule has 0 radical (unpaired) electrons. The summed E-state index contributed by atoms with van der Waals surface area (Å²) in [5.41, 5.74) is 0. The molecule has 0 amide bonds. The van der Waals surface area contributed by atoms with E-state index < -0.39 is 0 Å². The predicted octanol–water partition coefficient (Wildman–Crippen LogP) is 4.08. The summed E-state index contributed by atoms with van der Waals surface area (Å²) in [6, 6.07) is 0.660. The standard InChI is InChI=1S/C17H33N3/c1-4-6-7-8-9-10-16(18-13-5-2)11-12-17-19-14-15-20(17)3/h14-16,18H,4-13H2,1-3H3. The third kappa shape index (κ3) is 7.09. The van der Waals surface area contributed by atoms with Gasteiger partial charge < -0.3 is 9.88 Å². The van der Waals surface area contributed by atoms with Gasteiger partial charge in [0.05, 0.1) is 0 Å². The molecule has 0 aromatic carbocycles. The maximum atomic E-state index is 4.42. The highest BCUT2D eigenvalue weighted by Crippen LogP contribution is 2.11. The predicted molar refractivity (Wildman–Crippen MR) is 87.0 cm³/mol. The number of nitrogens with one attached hydrogen (secondary N) is 1. The average Bonchev–Trinajstić information content (AvgIpc) is 2.86.